The number of thiophene rings is 1. The van der Waals surface area contributed by atoms with E-state index in [1.54, 1.807) is 17.7 Å². The summed E-state index contributed by atoms with van der Waals surface area (Å²) in [5, 5.41) is 10.2. The molecule has 2 aromatic heterocycles. The molecule has 0 spiro atoms. The standard InChI is InChI=1S/C23H21N5OS/c29-23(27-15-6-2-1-3-7-15)28-17-12-10-16(11-13-17)26-21-20-18-8-4-5-9-19(18)30-22(20)25-14-24-21/h1-3,6-7,10-14H,4-5,8-9H2,(H,24,25,26)(H2,27,28,29). The lowest BCUT2D eigenvalue weighted by molar-refractivity contribution is 0.262. The SMILES string of the molecule is O=C(Nc1ccccc1)Nc1ccc(Nc2ncnc3sc4c(c23)CCCC4)cc1. The summed E-state index contributed by atoms with van der Waals surface area (Å²) >= 11 is 1.79. The van der Waals surface area contributed by atoms with Crippen LogP contribution in [0.15, 0.2) is 60.9 Å². The van der Waals surface area contributed by atoms with Crippen molar-refractivity contribution < 1.29 is 4.79 Å². The minimum Gasteiger partial charge on any atom is -0.340 e. The average Bonchev–Trinajstić information content (AvgIpc) is 3.15. The van der Waals surface area contributed by atoms with Crippen LogP contribution in [0.3, 0.4) is 0 Å². The van der Waals surface area contributed by atoms with Crippen LogP contribution in [0.1, 0.15) is 23.3 Å². The Balaban J connectivity index is 1.31. The Morgan fingerprint density at radius 1 is 0.833 bits per heavy atom. The first kappa shape index (κ1) is 18.6. The highest BCUT2D eigenvalue weighted by atomic mass is 32.1. The molecule has 2 heterocycles. The van der Waals surface area contributed by atoms with E-state index in [9.17, 15) is 4.79 Å². The van der Waals surface area contributed by atoms with Gasteiger partial charge in [-0.25, -0.2) is 14.8 Å². The molecule has 0 unspecified atom stereocenters. The van der Waals surface area contributed by atoms with E-state index in [4.69, 9.17) is 0 Å². The lowest BCUT2D eigenvalue weighted by atomic mass is 9.97. The van der Waals surface area contributed by atoms with Crippen LogP contribution >= 0.6 is 11.3 Å². The number of fused-ring (bicyclic) bond motifs is 3. The number of benzene rings is 2. The van der Waals surface area contributed by atoms with Crippen molar-refractivity contribution in [2.75, 3.05) is 16.0 Å². The van der Waals surface area contributed by atoms with Gasteiger partial charge in [0.05, 0.1) is 5.39 Å². The van der Waals surface area contributed by atoms with Gasteiger partial charge in [-0.05, 0) is 67.6 Å². The summed E-state index contributed by atoms with van der Waals surface area (Å²) in [4.78, 5) is 23.6. The number of anilines is 4. The normalized spacial score (nSPS) is 12.9. The zero-order valence-corrected chi connectivity index (χ0v) is 17.1. The summed E-state index contributed by atoms with van der Waals surface area (Å²) in [6, 6.07) is 16.7. The first-order valence-electron chi connectivity index (χ1n) is 10.0. The number of carbonyl (C=O) groups excluding carboxylic acids is 1. The molecule has 3 N–H and O–H groups in total. The Morgan fingerprint density at radius 3 is 2.33 bits per heavy atom. The number of amides is 2. The Morgan fingerprint density at radius 2 is 1.53 bits per heavy atom. The molecule has 0 saturated carbocycles. The summed E-state index contributed by atoms with van der Waals surface area (Å²) in [6.45, 7) is 0. The fraction of sp³-hybridized carbons (Fsp3) is 0.174. The van der Waals surface area contributed by atoms with Crippen molar-refractivity contribution in [2.24, 2.45) is 0 Å². The number of carbonyl (C=O) groups is 1. The van der Waals surface area contributed by atoms with E-state index in [0.29, 0.717) is 0 Å². The van der Waals surface area contributed by atoms with Gasteiger partial charge in [0.1, 0.15) is 17.0 Å². The number of rotatable bonds is 4. The van der Waals surface area contributed by atoms with Crippen molar-refractivity contribution in [3.8, 4) is 0 Å². The summed E-state index contributed by atoms with van der Waals surface area (Å²) < 4.78 is 0. The third kappa shape index (κ3) is 3.84. The van der Waals surface area contributed by atoms with Crippen LogP contribution in [0.25, 0.3) is 10.2 Å². The fourth-order valence-electron chi connectivity index (χ4n) is 3.77. The maximum Gasteiger partial charge on any atom is 0.323 e. The molecule has 0 fully saturated rings. The van der Waals surface area contributed by atoms with Crippen molar-refractivity contribution in [1.29, 1.82) is 0 Å². The molecule has 4 aromatic rings. The van der Waals surface area contributed by atoms with Crippen LogP contribution < -0.4 is 16.0 Å². The summed E-state index contributed by atoms with van der Waals surface area (Å²) in [6.07, 6.45) is 6.33. The van der Waals surface area contributed by atoms with Gasteiger partial charge < -0.3 is 16.0 Å². The minimum atomic E-state index is -0.274. The molecule has 0 atom stereocenters. The second-order valence-electron chi connectivity index (χ2n) is 7.26. The largest absolute Gasteiger partial charge is 0.340 e. The van der Waals surface area contributed by atoms with Gasteiger partial charge >= 0.3 is 6.03 Å². The van der Waals surface area contributed by atoms with Crippen LogP contribution in [0, 0.1) is 0 Å². The summed E-state index contributed by atoms with van der Waals surface area (Å²) in [5.41, 5.74) is 3.79. The predicted molar refractivity (Wildman–Crippen MR) is 123 cm³/mol. The van der Waals surface area contributed by atoms with E-state index in [-0.39, 0.29) is 6.03 Å². The summed E-state index contributed by atoms with van der Waals surface area (Å²) in [7, 11) is 0. The highest BCUT2D eigenvalue weighted by Crippen LogP contribution is 2.38. The molecule has 150 valence electrons. The van der Waals surface area contributed by atoms with Gasteiger partial charge in [0.25, 0.3) is 0 Å². The molecule has 0 aliphatic heterocycles. The Kier molecular flexibility index (Phi) is 5.03. The van der Waals surface area contributed by atoms with Crippen LogP contribution in [0.5, 0.6) is 0 Å². The van der Waals surface area contributed by atoms with Gasteiger partial charge in [0, 0.05) is 21.9 Å². The highest BCUT2D eigenvalue weighted by Gasteiger charge is 2.19. The first-order chi connectivity index (χ1) is 14.8. The first-order valence-corrected chi connectivity index (χ1v) is 10.8. The highest BCUT2D eigenvalue weighted by molar-refractivity contribution is 7.19. The number of nitrogens with zero attached hydrogens (tertiary/aromatic N) is 2. The van der Waals surface area contributed by atoms with Gasteiger partial charge in [0.15, 0.2) is 0 Å². The maximum atomic E-state index is 12.2. The van der Waals surface area contributed by atoms with E-state index >= 15 is 0 Å². The third-order valence-electron chi connectivity index (χ3n) is 5.19. The van der Waals surface area contributed by atoms with Crippen LogP contribution in [0.4, 0.5) is 27.7 Å². The molecule has 5 rings (SSSR count). The Hall–Kier alpha value is -3.45. The molecule has 6 nitrogen and oxygen atoms in total. The molecule has 2 amide bonds. The topological polar surface area (TPSA) is 78.9 Å². The molecule has 1 aliphatic carbocycles. The molecule has 0 saturated heterocycles. The Labute approximate surface area is 178 Å². The number of aromatic nitrogens is 2. The van der Waals surface area contributed by atoms with Gasteiger partial charge in [-0.2, -0.15) is 0 Å². The third-order valence-corrected chi connectivity index (χ3v) is 6.39. The van der Waals surface area contributed by atoms with Crippen molar-refractivity contribution in [2.45, 2.75) is 25.7 Å². The monoisotopic (exact) mass is 415 g/mol. The van der Waals surface area contributed by atoms with E-state index in [1.165, 1.54) is 23.3 Å². The fourth-order valence-corrected chi connectivity index (χ4v) is 5.00. The van der Waals surface area contributed by atoms with E-state index in [0.717, 1.165) is 45.9 Å². The van der Waals surface area contributed by atoms with Crippen LogP contribution in [0.2, 0.25) is 0 Å². The summed E-state index contributed by atoms with van der Waals surface area (Å²) in [5.74, 6) is 0.849. The molecule has 7 heteroatoms. The number of para-hydroxylation sites is 1. The number of aryl methyl sites for hydroxylation is 2. The maximum absolute atomic E-state index is 12.2. The molecule has 0 radical (unpaired) electrons. The molecule has 0 bridgehead atoms. The molecular weight excluding hydrogens is 394 g/mol. The lowest BCUT2D eigenvalue weighted by Crippen LogP contribution is -2.19. The van der Waals surface area contributed by atoms with Crippen molar-refractivity contribution in [1.82, 2.24) is 9.97 Å². The molecule has 1 aliphatic rings. The van der Waals surface area contributed by atoms with Crippen molar-refractivity contribution >= 4 is 50.5 Å². The number of urea groups is 1. The molecule has 30 heavy (non-hydrogen) atoms. The average molecular weight is 416 g/mol. The minimum absolute atomic E-state index is 0.274. The zero-order chi connectivity index (χ0) is 20.3. The molecular formula is C23H21N5OS. The lowest BCUT2D eigenvalue weighted by Gasteiger charge is -2.13. The second kappa shape index (κ2) is 8.12. The van der Waals surface area contributed by atoms with Gasteiger partial charge in [-0.3, -0.25) is 0 Å². The van der Waals surface area contributed by atoms with E-state index < -0.39 is 0 Å². The zero-order valence-electron chi connectivity index (χ0n) is 16.3. The number of hydrogen-bond acceptors (Lipinski definition) is 5. The second-order valence-corrected chi connectivity index (χ2v) is 8.34. The van der Waals surface area contributed by atoms with Crippen molar-refractivity contribution in [3.05, 3.63) is 71.4 Å². The van der Waals surface area contributed by atoms with Crippen LogP contribution in [-0.2, 0) is 12.8 Å². The molecule has 2 aromatic carbocycles. The Bertz CT molecular complexity index is 1190. The van der Waals surface area contributed by atoms with E-state index in [1.807, 2.05) is 54.6 Å². The quantitative estimate of drug-likeness (QED) is 0.384. The van der Waals surface area contributed by atoms with E-state index in [2.05, 4.69) is 25.9 Å². The van der Waals surface area contributed by atoms with Gasteiger partial charge in [-0.15, -0.1) is 11.3 Å². The van der Waals surface area contributed by atoms with Crippen LogP contribution in [-0.4, -0.2) is 16.0 Å². The van der Waals surface area contributed by atoms with Gasteiger partial charge in [0.2, 0.25) is 0 Å². The van der Waals surface area contributed by atoms with Gasteiger partial charge in [-0.1, -0.05) is 18.2 Å². The smallest absolute Gasteiger partial charge is 0.323 e. The number of hydrogen-bond donors (Lipinski definition) is 3. The van der Waals surface area contributed by atoms with Crippen molar-refractivity contribution in [3.63, 3.8) is 0 Å². The number of nitrogens with one attached hydrogen (secondary N) is 3. The predicted octanol–water partition coefficient (Wildman–Crippen LogP) is 5.96.